The lowest BCUT2D eigenvalue weighted by molar-refractivity contribution is 0.301. The summed E-state index contributed by atoms with van der Waals surface area (Å²) < 4.78 is 0. The van der Waals surface area contributed by atoms with Crippen LogP contribution in [0.25, 0.3) is 0 Å². The van der Waals surface area contributed by atoms with Gasteiger partial charge in [-0.2, -0.15) is 0 Å². The SMILES string of the molecule is CCCCN(CCO)c1ccc([C@@H](N)CC)nc1. The highest BCUT2D eigenvalue weighted by Crippen LogP contribution is 2.17. The zero-order valence-electron chi connectivity index (χ0n) is 11.5. The fourth-order valence-electron chi connectivity index (χ4n) is 1.85. The van der Waals surface area contributed by atoms with Gasteiger partial charge in [-0.3, -0.25) is 4.98 Å². The van der Waals surface area contributed by atoms with Crippen LogP contribution in [-0.2, 0) is 0 Å². The average molecular weight is 251 g/mol. The number of rotatable bonds is 8. The van der Waals surface area contributed by atoms with Crippen LogP contribution in [0.3, 0.4) is 0 Å². The molecule has 0 fully saturated rings. The Balaban J connectivity index is 2.73. The van der Waals surface area contributed by atoms with Gasteiger partial charge < -0.3 is 15.7 Å². The summed E-state index contributed by atoms with van der Waals surface area (Å²) in [6.45, 7) is 6.00. The fourth-order valence-corrected chi connectivity index (χ4v) is 1.85. The molecule has 0 aliphatic carbocycles. The molecule has 4 nitrogen and oxygen atoms in total. The number of aliphatic hydroxyl groups is 1. The molecule has 0 saturated heterocycles. The van der Waals surface area contributed by atoms with Gasteiger partial charge in [0.15, 0.2) is 0 Å². The Labute approximate surface area is 110 Å². The van der Waals surface area contributed by atoms with Gasteiger partial charge in [0.1, 0.15) is 0 Å². The van der Waals surface area contributed by atoms with Gasteiger partial charge in [0, 0.05) is 19.1 Å². The van der Waals surface area contributed by atoms with Crippen molar-refractivity contribution in [2.75, 3.05) is 24.6 Å². The largest absolute Gasteiger partial charge is 0.395 e. The molecule has 0 saturated carbocycles. The summed E-state index contributed by atoms with van der Waals surface area (Å²) in [7, 11) is 0. The summed E-state index contributed by atoms with van der Waals surface area (Å²) >= 11 is 0. The molecule has 1 aromatic heterocycles. The lowest BCUT2D eigenvalue weighted by Crippen LogP contribution is -2.28. The van der Waals surface area contributed by atoms with Gasteiger partial charge in [-0.25, -0.2) is 0 Å². The molecule has 0 unspecified atom stereocenters. The van der Waals surface area contributed by atoms with E-state index in [-0.39, 0.29) is 12.6 Å². The van der Waals surface area contributed by atoms with Crippen LogP contribution in [0, 0.1) is 0 Å². The highest BCUT2D eigenvalue weighted by atomic mass is 16.3. The lowest BCUT2D eigenvalue weighted by atomic mass is 10.1. The van der Waals surface area contributed by atoms with Crippen molar-refractivity contribution in [1.82, 2.24) is 4.98 Å². The molecule has 1 aromatic rings. The molecule has 1 rings (SSSR count). The second-order valence-corrected chi connectivity index (χ2v) is 4.52. The summed E-state index contributed by atoms with van der Waals surface area (Å²) in [5.74, 6) is 0. The predicted molar refractivity (Wildman–Crippen MR) is 75.7 cm³/mol. The van der Waals surface area contributed by atoms with Crippen LogP contribution in [0.4, 0.5) is 5.69 Å². The maximum atomic E-state index is 9.10. The van der Waals surface area contributed by atoms with Crippen molar-refractivity contribution >= 4 is 5.69 Å². The third kappa shape index (κ3) is 4.27. The van der Waals surface area contributed by atoms with Gasteiger partial charge in [-0.15, -0.1) is 0 Å². The van der Waals surface area contributed by atoms with E-state index in [1.54, 1.807) is 0 Å². The second kappa shape index (κ2) is 8.06. The number of nitrogens with zero attached hydrogens (tertiary/aromatic N) is 2. The molecule has 102 valence electrons. The first-order valence-electron chi connectivity index (χ1n) is 6.80. The average Bonchev–Trinajstić information content (AvgIpc) is 2.43. The maximum Gasteiger partial charge on any atom is 0.0606 e. The van der Waals surface area contributed by atoms with Crippen molar-refractivity contribution in [3.05, 3.63) is 24.0 Å². The van der Waals surface area contributed by atoms with Crippen molar-refractivity contribution < 1.29 is 5.11 Å². The minimum absolute atomic E-state index is 0.0148. The Hall–Kier alpha value is -1.13. The summed E-state index contributed by atoms with van der Waals surface area (Å²) in [5, 5.41) is 9.10. The second-order valence-electron chi connectivity index (χ2n) is 4.52. The van der Waals surface area contributed by atoms with E-state index in [4.69, 9.17) is 10.8 Å². The third-order valence-electron chi connectivity index (χ3n) is 3.11. The molecular weight excluding hydrogens is 226 g/mol. The van der Waals surface area contributed by atoms with Crippen molar-refractivity contribution in [2.45, 2.75) is 39.2 Å². The van der Waals surface area contributed by atoms with Gasteiger partial charge in [0.2, 0.25) is 0 Å². The fraction of sp³-hybridized carbons (Fsp3) is 0.643. The van der Waals surface area contributed by atoms with Gasteiger partial charge in [0.25, 0.3) is 0 Å². The summed E-state index contributed by atoms with van der Waals surface area (Å²) in [6.07, 6.45) is 5.02. The van der Waals surface area contributed by atoms with Crippen LogP contribution in [-0.4, -0.2) is 29.8 Å². The molecule has 0 bridgehead atoms. The normalized spacial score (nSPS) is 12.4. The molecule has 0 amide bonds. The van der Waals surface area contributed by atoms with Gasteiger partial charge in [-0.05, 0) is 25.0 Å². The highest BCUT2D eigenvalue weighted by Gasteiger charge is 2.08. The zero-order chi connectivity index (χ0) is 13.4. The molecule has 0 aliphatic rings. The molecule has 3 N–H and O–H groups in total. The summed E-state index contributed by atoms with van der Waals surface area (Å²) in [4.78, 5) is 6.58. The van der Waals surface area contributed by atoms with E-state index >= 15 is 0 Å². The molecular formula is C14H25N3O. The number of unbranched alkanes of at least 4 members (excludes halogenated alkanes) is 1. The molecule has 0 radical (unpaired) electrons. The van der Waals surface area contributed by atoms with E-state index in [1.807, 2.05) is 18.3 Å². The van der Waals surface area contributed by atoms with Crippen molar-refractivity contribution in [1.29, 1.82) is 0 Å². The third-order valence-corrected chi connectivity index (χ3v) is 3.11. The number of hydrogen-bond acceptors (Lipinski definition) is 4. The van der Waals surface area contributed by atoms with Crippen molar-refractivity contribution in [3.63, 3.8) is 0 Å². The Morgan fingerprint density at radius 1 is 1.33 bits per heavy atom. The van der Waals surface area contributed by atoms with E-state index in [1.165, 1.54) is 0 Å². The predicted octanol–water partition coefficient (Wildman–Crippen LogP) is 2.09. The standard InChI is InChI=1S/C14H25N3O/c1-3-5-8-17(9-10-18)12-6-7-14(16-11-12)13(15)4-2/h6-7,11,13,18H,3-5,8-10,15H2,1-2H3/t13-/m0/s1. The van der Waals surface area contributed by atoms with Crippen LogP contribution >= 0.6 is 0 Å². The molecule has 1 heterocycles. The number of aliphatic hydroxyl groups excluding tert-OH is 1. The molecule has 0 aromatic carbocycles. The Bertz CT molecular complexity index is 326. The first-order chi connectivity index (χ1) is 8.72. The number of pyridine rings is 1. The van der Waals surface area contributed by atoms with E-state index in [9.17, 15) is 0 Å². The molecule has 4 heteroatoms. The van der Waals surface area contributed by atoms with E-state index in [0.717, 1.165) is 37.2 Å². The quantitative estimate of drug-likeness (QED) is 0.742. The van der Waals surface area contributed by atoms with Crippen LogP contribution in [0.1, 0.15) is 44.8 Å². The number of hydrogen-bond donors (Lipinski definition) is 2. The lowest BCUT2D eigenvalue weighted by Gasteiger charge is -2.23. The molecule has 0 spiro atoms. The number of nitrogens with two attached hydrogens (primary N) is 1. The van der Waals surface area contributed by atoms with Gasteiger partial charge in [0.05, 0.1) is 24.2 Å². The van der Waals surface area contributed by atoms with Crippen LogP contribution in [0.5, 0.6) is 0 Å². The number of anilines is 1. The monoisotopic (exact) mass is 251 g/mol. The smallest absolute Gasteiger partial charge is 0.0606 e. The van der Waals surface area contributed by atoms with Gasteiger partial charge in [-0.1, -0.05) is 20.3 Å². The van der Waals surface area contributed by atoms with Crippen LogP contribution in [0.2, 0.25) is 0 Å². The summed E-state index contributed by atoms with van der Waals surface area (Å²) in [6, 6.07) is 4.05. The number of aromatic nitrogens is 1. The minimum Gasteiger partial charge on any atom is -0.395 e. The molecule has 1 atom stereocenters. The first-order valence-corrected chi connectivity index (χ1v) is 6.80. The van der Waals surface area contributed by atoms with Crippen LogP contribution < -0.4 is 10.6 Å². The first kappa shape index (κ1) is 14.9. The van der Waals surface area contributed by atoms with E-state index in [2.05, 4.69) is 23.7 Å². The molecule has 18 heavy (non-hydrogen) atoms. The van der Waals surface area contributed by atoms with Crippen molar-refractivity contribution in [3.8, 4) is 0 Å². The van der Waals surface area contributed by atoms with Crippen molar-refractivity contribution in [2.24, 2.45) is 5.73 Å². The molecule has 0 aliphatic heterocycles. The minimum atomic E-state index is 0.0148. The van der Waals surface area contributed by atoms with Crippen LogP contribution in [0.15, 0.2) is 18.3 Å². The topological polar surface area (TPSA) is 62.4 Å². The Morgan fingerprint density at radius 3 is 2.61 bits per heavy atom. The highest BCUT2D eigenvalue weighted by molar-refractivity contribution is 5.44. The zero-order valence-corrected chi connectivity index (χ0v) is 11.5. The van der Waals surface area contributed by atoms with E-state index < -0.39 is 0 Å². The Kier molecular flexibility index (Phi) is 6.68. The summed E-state index contributed by atoms with van der Waals surface area (Å²) in [5.41, 5.74) is 7.93. The van der Waals surface area contributed by atoms with E-state index in [0.29, 0.717) is 6.54 Å². The maximum absolute atomic E-state index is 9.10. The van der Waals surface area contributed by atoms with Gasteiger partial charge >= 0.3 is 0 Å². The Morgan fingerprint density at radius 2 is 2.11 bits per heavy atom.